The van der Waals surface area contributed by atoms with Gasteiger partial charge in [0, 0.05) is 103 Å². The summed E-state index contributed by atoms with van der Waals surface area (Å²) in [6.07, 6.45) is 9.19. The quantitative estimate of drug-likeness (QED) is 0.0729. The summed E-state index contributed by atoms with van der Waals surface area (Å²) in [4.78, 5) is 43.6. The van der Waals surface area contributed by atoms with Crippen LogP contribution in [0.25, 0.3) is 67.2 Å². The Balaban J connectivity index is 0.000000532. The van der Waals surface area contributed by atoms with Crippen LogP contribution in [0.3, 0.4) is 0 Å². The summed E-state index contributed by atoms with van der Waals surface area (Å²) in [5, 5.41) is 25.1. The average Bonchev–Trinajstić information content (AvgIpc) is 3.59. The Kier molecular flexibility index (Phi) is 34.5. The number of pyridine rings is 3. The summed E-state index contributed by atoms with van der Waals surface area (Å²) in [5.74, 6) is -0.187. The number of allylic oxidation sites excluding steroid dienone is 6. The topological polar surface area (TPSA) is 151 Å². The Morgan fingerprint density at radius 1 is 0.369 bits per heavy atom. The molecule has 3 radical (unpaired) electrons. The average molecular weight is 1650 g/mol. The first kappa shape index (κ1) is 74.4. The predicted octanol–water partition coefficient (Wildman–Crippen LogP) is 17.6. The Morgan fingerprint density at radius 3 is 1.25 bits per heavy atom. The normalized spacial score (nSPS) is 10.4. The van der Waals surface area contributed by atoms with Gasteiger partial charge in [-0.15, -0.1) is 107 Å². The number of carbonyl (C=O) groups is 3. The van der Waals surface area contributed by atoms with Crippen molar-refractivity contribution < 1.29 is 90.0 Å². The van der Waals surface area contributed by atoms with Crippen LogP contribution in [0, 0.1) is 59.7 Å². The fourth-order valence-corrected chi connectivity index (χ4v) is 8.12. The third-order valence-corrected chi connectivity index (χ3v) is 11.4. The van der Waals surface area contributed by atoms with E-state index in [-0.39, 0.29) is 94.9 Å². The van der Waals surface area contributed by atoms with Crippen LogP contribution in [0.2, 0.25) is 0 Å². The number of benzene rings is 6. The van der Waals surface area contributed by atoms with Crippen molar-refractivity contribution in [1.29, 1.82) is 0 Å². The SMILES string of the molecule is CC(=O)C=C(C)O.CC(=O)C=C(C)O.CC(=O)C=C(C)O.Cc1cc(C)cc(-c2cnc(-c3[c-]cccc3)cc2C)c1.Cc1cc[c-]c(-c2cc(-c3ccccc3)ccn2)c1.Cc1ccc(-c2ccnc(-c3[c-]cccc3)c2)c(C)c1.[Ir].[Ir].[Ir]. The first-order valence-corrected chi connectivity index (χ1v) is 26.2. The molecular weight excluding hydrogens is 1580 g/mol. The minimum atomic E-state index is -0.125. The molecule has 12 heteroatoms. The van der Waals surface area contributed by atoms with Gasteiger partial charge >= 0.3 is 0 Å². The van der Waals surface area contributed by atoms with Gasteiger partial charge in [-0.2, -0.15) is 0 Å². The van der Waals surface area contributed by atoms with Gasteiger partial charge in [0.15, 0.2) is 17.3 Å². The van der Waals surface area contributed by atoms with E-state index in [1.54, 1.807) is 0 Å². The molecule has 0 saturated carbocycles. The number of aromatic nitrogens is 3. The van der Waals surface area contributed by atoms with Crippen LogP contribution in [0.5, 0.6) is 0 Å². The van der Waals surface area contributed by atoms with Crippen LogP contribution < -0.4 is 0 Å². The number of hydrogen-bond donors (Lipinski definition) is 3. The molecule has 3 aromatic heterocycles. The van der Waals surface area contributed by atoms with Crippen LogP contribution in [-0.4, -0.2) is 47.6 Å². The molecule has 9 nitrogen and oxygen atoms in total. The molecule has 3 N–H and O–H groups in total. The van der Waals surface area contributed by atoms with Crippen molar-refractivity contribution in [2.75, 3.05) is 0 Å². The molecule has 0 aliphatic carbocycles. The molecule has 9 aromatic rings. The number of aliphatic hydroxyl groups excluding tert-OH is 3. The van der Waals surface area contributed by atoms with E-state index >= 15 is 0 Å². The Morgan fingerprint density at radius 2 is 0.810 bits per heavy atom. The molecule has 0 aliphatic heterocycles. The zero-order chi connectivity index (χ0) is 59.4. The Hall–Kier alpha value is -7.65. The van der Waals surface area contributed by atoms with Gasteiger partial charge < -0.3 is 30.3 Å². The van der Waals surface area contributed by atoms with Crippen molar-refractivity contribution >= 4 is 17.3 Å². The summed E-state index contributed by atoms with van der Waals surface area (Å²) in [6.45, 7) is 21.3. The van der Waals surface area contributed by atoms with Crippen molar-refractivity contribution in [3.05, 3.63) is 269 Å². The predicted molar refractivity (Wildman–Crippen MR) is 331 cm³/mol. The Bertz CT molecular complexity index is 3500. The molecule has 9 rings (SSSR count). The van der Waals surface area contributed by atoms with Gasteiger partial charge in [0.2, 0.25) is 0 Å². The molecule has 0 fully saturated rings. The maximum absolute atomic E-state index is 10.0. The molecule has 0 atom stereocenters. The second-order valence-electron chi connectivity index (χ2n) is 19.3. The van der Waals surface area contributed by atoms with E-state index in [9.17, 15) is 14.4 Å². The van der Waals surface area contributed by atoms with Gasteiger partial charge in [-0.25, -0.2) is 0 Å². The number of hydrogen-bond acceptors (Lipinski definition) is 9. The summed E-state index contributed by atoms with van der Waals surface area (Å²) in [7, 11) is 0. The molecule has 0 unspecified atom stereocenters. The van der Waals surface area contributed by atoms with E-state index in [0.29, 0.717) is 0 Å². The van der Waals surface area contributed by atoms with Gasteiger partial charge in [0.1, 0.15) is 0 Å². The maximum atomic E-state index is 10.0. The van der Waals surface area contributed by atoms with Crippen molar-refractivity contribution in [2.45, 2.75) is 83.1 Å². The number of ketones is 3. The minimum Gasteiger partial charge on any atom is -0.512 e. The first-order chi connectivity index (χ1) is 38.6. The van der Waals surface area contributed by atoms with E-state index < -0.39 is 0 Å². The minimum absolute atomic E-state index is 0. The van der Waals surface area contributed by atoms with Crippen LogP contribution in [0.15, 0.2) is 218 Å². The fraction of sp³-hybridized carbons (Fsp3) is 0.167. The second-order valence-corrected chi connectivity index (χ2v) is 19.3. The van der Waals surface area contributed by atoms with E-state index in [2.05, 4.69) is 154 Å². The van der Waals surface area contributed by atoms with E-state index in [1.807, 2.05) is 104 Å². The third kappa shape index (κ3) is 27.6. The number of nitrogens with zero attached hydrogens (tertiary/aromatic N) is 3. The molecule has 0 bridgehead atoms. The van der Waals surface area contributed by atoms with Gasteiger partial charge in [0.05, 0.1) is 17.3 Å². The van der Waals surface area contributed by atoms with Crippen LogP contribution >= 0.6 is 0 Å². The molecule has 84 heavy (non-hydrogen) atoms. The van der Waals surface area contributed by atoms with Gasteiger partial charge in [-0.1, -0.05) is 109 Å². The molecule has 441 valence electrons. The molecule has 6 aromatic carbocycles. The zero-order valence-electron chi connectivity index (χ0n) is 49.5. The number of rotatable bonds is 9. The first-order valence-electron chi connectivity index (χ1n) is 26.2. The maximum Gasteiger partial charge on any atom is 0.155 e. The van der Waals surface area contributed by atoms with Crippen molar-refractivity contribution in [2.24, 2.45) is 0 Å². The zero-order valence-corrected chi connectivity index (χ0v) is 56.6. The van der Waals surface area contributed by atoms with Gasteiger partial charge in [-0.3, -0.25) is 14.4 Å². The van der Waals surface area contributed by atoms with E-state index in [1.165, 1.54) is 127 Å². The standard InChI is InChI=1S/C20H18N.C19H16N.C18H14N.3C5H8O2.3Ir/c1-14-9-15(2)11-18(10-14)19-13-21-20(12-16(19)3)17-7-5-4-6-8-17;1-14-8-9-18(15(2)12-14)17-10-11-20-19(13-17)16-6-4-3-5-7-16;1-14-6-5-9-17(12-14)18-13-16(10-11-19-18)15-7-3-2-4-8-15;3*1-4(6)3-5(2)7;;;/h4-7,9-13H,1-3H3;3-6,8-13H,1-2H3;2-8,10-13H,1H3;3*3,6H,1-2H3;;;/q3*-1;;;;;;. The molecule has 0 spiro atoms. The molecular formula is C72H72Ir3N3O6-3. The van der Waals surface area contributed by atoms with Crippen LogP contribution in [0.1, 0.15) is 74.9 Å². The molecule has 0 aliphatic rings. The largest absolute Gasteiger partial charge is 0.512 e. The summed E-state index contributed by atoms with van der Waals surface area (Å²) in [5.41, 5.74) is 20.9. The van der Waals surface area contributed by atoms with Crippen molar-refractivity contribution in [3.63, 3.8) is 0 Å². The summed E-state index contributed by atoms with van der Waals surface area (Å²) < 4.78 is 0. The monoisotopic (exact) mass is 1650 g/mol. The van der Waals surface area contributed by atoms with E-state index in [4.69, 9.17) is 15.3 Å². The van der Waals surface area contributed by atoms with Crippen molar-refractivity contribution in [1.82, 2.24) is 15.0 Å². The smallest absolute Gasteiger partial charge is 0.155 e. The van der Waals surface area contributed by atoms with Crippen molar-refractivity contribution in [3.8, 4) is 67.2 Å². The summed E-state index contributed by atoms with van der Waals surface area (Å²) >= 11 is 0. The Labute approximate surface area is 537 Å². The fourth-order valence-electron chi connectivity index (χ4n) is 8.12. The second kappa shape index (κ2) is 39.0. The van der Waals surface area contributed by atoms with Crippen LogP contribution in [0.4, 0.5) is 0 Å². The van der Waals surface area contributed by atoms with E-state index in [0.717, 1.165) is 33.8 Å². The molecule has 0 amide bonds. The number of aryl methyl sites for hydroxylation is 6. The molecule has 3 heterocycles. The van der Waals surface area contributed by atoms with Gasteiger partial charge in [0.25, 0.3) is 0 Å². The molecule has 0 saturated heterocycles. The summed E-state index contributed by atoms with van der Waals surface area (Å²) in [6, 6.07) is 65.7. The number of carbonyl (C=O) groups excluding carboxylic acids is 3. The van der Waals surface area contributed by atoms with Gasteiger partial charge in [-0.05, 0) is 144 Å². The van der Waals surface area contributed by atoms with Crippen LogP contribution in [-0.2, 0) is 74.7 Å². The third-order valence-electron chi connectivity index (χ3n) is 11.4. The number of aliphatic hydroxyl groups is 3.